The van der Waals surface area contributed by atoms with E-state index in [0.717, 1.165) is 36.0 Å². The molecule has 3 aromatic rings. The number of piperidine rings is 1. The number of amides is 1. The second-order valence-electron chi connectivity index (χ2n) is 7.01. The average molecular weight is 381 g/mol. The summed E-state index contributed by atoms with van der Waals surface area (Å²) in [5, 5.41) is 7.61. The van der Waals surface area contributed by atoms with E-state index in [2.05, 4.69) is 45.9 Å². The van der Waals surface area contributed by atoms with Gasteiger partial charge in [0.25, 0.3) is 0 Å². The molecular weight excluding hydrogens is 356 g/mol. The predicted molar refractivity (Wildman–Crippen MR) is 112 cm³/mol. The summed E-state index contributed by atoms with van der Waals surface area (Å²) in [5.41, 5.74) is 3.15. The van der Waals surface area contributed by atoms with Gasteiger partial charge in [-0.25, -0.2) is 4.98 Å². The lowest BCUT2D eigenvalue weighted by Gasteiger charge is -2.33. The summed E-state index contributed by atoms with van der Waals surface area (Å²) in [7, 11) is 0. The van der Waals surface area contributed by atoms with Gasteiger partial charge >= 0.3 is 0 Å². The number of fused-ring (bicyclic) bond motifs is 1. The molecule has 0 aliphatic carbocycles. The number of carbonyl (C=O) groups is 1. The molecule has 2 heterocycles. The first kappa shape index (κ1) is 17.9. The van der Waals surface area contributed by atoms with Gasteiger partial charge in [0.2, 0.25) is 5.91 Å². The molecule has 0 bridgehead atoms. The Kier molecular flexibility index (Phi) is 5.36. The summed E-state index contributed by atoms with van der Waals surface area (Å²) in [5.74, 6) is -0.0435. The third kappa shape index (κ3) is 4.46. The van der Waals surface area contributed by atoms with E-state index >= 15 is 0 Å². The Hall–Kier alpha value is -2.44. The first-order valence-electron chi connectivity index (χ1n) is 9.38. The fourth-order valence-electron chi connectivity index (χ4n) is 3.48. The minimum Gasteiger partial charge on any atom is -0.347 e. The number of hydrogen-bond acceptors (Lipinski definition) is 5. The molecule has 1 aliphatic heterocycles. The molecule has 1 aliphatic rings. The predicted octanol–water partition coefficient (Wildman–Crippen LogP) is 4.01. The van der Waals surface area contributed by atoms with Gasteiger partial charge in [0.15, 0.2) is 5.13 Å². The van der Waals surface area contributed by atoms with Crippen molar-refractivity contribution in [1.82, 2.24) is 10.3 Å². The van der Waals surface area contributed by atoms with Crippen LogP contribution in [0.4, 0.5) is 10.8 Å². The molecule has 1 fully saturated rings. The van der Waals surface area contributed by atoms with Crippen LogP contribution in [0.2, 0.25) is 0 Å². The Morgan fingerprint density at radius 3 is 2.81 bits per heavy atom. The maximum Gasteiger partial charge on any atom is 0.221 e. The molecule has 1 amide bonds. The molecule has 27 heavy (non-hydrogen) atoms. The molecule has 1 saturated heterocycles. The van der Waals surface area contributed by atoms with Crippen LogP contribution >= 0.6 is 11.3 Å². The van der Waals surface area contributed by atoms with Crippen LogP contribution in [0.1, 0.15) is 25.3 Å². The number of benzene rings is 2. The summed E-state index contributed by atoms with van der Waals surface area (Å²) in [6.07, 6.45) is 2.36. The topological polar surface area (TPSA) is 57.3 Å². The van der Waals surface area contributed by atoms with Crippen molar-refractivity contribution >= 4 is 38.3 Å². The van der Waals surface area contributed by atoms with Crippen molar-refractivity contribution in [3.05, 3.63) is 54.1 Å². The third-order valence-corrected chi connectivity index (χ3v) is 5.94. The fourth-order valence-corrected chi connectivity index (χ4v) is 4.48. The minimum atomic E-state index is -0.0435. The van der Waals surface area contributed by atoms with Gasteiger partial charge in [0, 0.05) is 38.3 Å². The largest absolute Gasteiger partial charge is 0.347 e. The lowest BCUT2D eigenvalue weighted by molar-refractivity contribution is -0.114. The number of nitrogens with one attached hydrogen (secondary N) is 2. The fraction of sp³-hybridized carbons (Fsp3) is 0.333. The van der Waals surface area contributed by atoms with Crippen LogP contribution in [0.3, 0.4) is 0 Å². The van der Waals surface area contributed by atoms with Crippen LogP contribution in [0.5, 0.6) is 0 Å². The van der Waals surface area contributed by atoms with Gasteiger partial charge in [-0.15, -0.1) is 0 Å². The lowest BCUT2D eigenvalue weighted by Crippen LogP contribution is -2.45. The van der Waals surface area contributed by atoms with Gasteiger partial charge in [-0.1, -0.05) is 35.6 Å². The zero-order chi connectivity index (χ0) is 18.6. The summed E-state index contributed by atoms with van der Waals surface area (Å²) < 4.78 is 1.25. The molecular formula is C21H24N4OS. The number of hydrogen-bond donors (Lipinski definition) is 2. The minimum absolute atomic E-state index is 0.0435. The third-order valence-electron chi connectivity index (χ3n) is 4.84. The Labute approximate surface area is 163 Å². The van der Waals surface area contributed by atoms with E-state index in [1.54, 1.807) is 11.3 Å². The van der Waals surface area contributed by atoms with Crippen LogP contribution in [0, 0.1) is 0 Å². The maximum atomic E-state index is 11.1. The normalized spacial score (nSPS) is 17.2. The summed E-state index contributed by atoms with van der Waals surface area (Å²) >= 11 is 1.78. The van der Waals surface area contributed by atoms with E-state index in [4.69, 9.17) is 4.98 Å². The number of rotatable bonds is 5. The van der Waals surface area contributed by atoms with Crippen molar-refractivity contribution in [1.29, 1.82) is 0 Å². The zero-order valence-corrected chi connectivity index (χ0v) is 16.3. The van der Waals surface area contributed by atoms with Crippen LogP contribution in [0.25, 0.3) is 10.2 Å². The van der Waals surface area contributed by atoms with Gasteiger partial charge in [0.1, 0.15) is 0 Å². The summed E-state index contributed by atoms with van der Waals surface area (Å²) in [6.45, 7) is 4.42. The average Bonchev–Trinajstić information content (AvgIpc) is 3.12. The lowest BCUT2D eigenvalue weighted by atomic mass is 10.1. The van der Waals surface area contributed by atoms with Gasteiger partial charge in [-0.05, 0) is 42.7 Å². The van der Waals surface area contributed by atoms with Crippen LogP contribution in [0.15, 0.2) is 48.5 Å². The van der Waals surface area contributed by atoms with Gasteiger partial charge in [0.05, 0.1) is 10.2 Å². The highest BCUT2D eigenvalue weighted by atomic mass is 32.1. The van der Waals surface area contributed by atoms with Gasteiger partial charge < -0.3 is 15.5 Å². The van der Waals surface area contributed by atoms with Crippen molar-refractivity contribution in [2.75, 3.05) is 23.3 Å². The molecule has 4 rings (SSSR count). The molecule has 2 N–H and O–H groups in total. The Balaban J connectivity index is 1.35. The smallest absolute Gasteiger partial charge is 0.221 e. The maximum absolute atomic E-state index is 11.1. The molecule has 1 aromatic heterocycles. The summed E-state index contributed by atoms with van der Waals surface area (Å²) in [4.78, 5) is 18.3. The number of nitrogens with zero attached hydrogens (tertiary/aromatic N) is 2. The highest BCUT2D eigenvalue weighted by Crippen LogP contribution is 2.30. The van der Waals surface area contributed by atoms with E-state index in [-0.39, 0.29) is 5.91 Å². The number of thiazole rings is 1. The second-order valence-corrected chi connectivity index (χ2v) is 8.02. The summed E-state index contributed by atoms with van der Waals surface area (Å²) in [6, 6.07) is 16.8. The molecule has 6 heteroatoms. The molecule has 5 nitrogen and oxygen atoms in total. The van der Waals surface area contributed by atoms with Crippen molar-refractivity contribution in [3.63, 3.8) is 0 Å². The van der Waals surface area contributed by atoms with E-state index in [1.165, 1.54) is 30.0 Å². The standard InChI is InChI=1S/C21H24N4OS/c1-15(26)23-17-10-8-16(9-11-17)13-22-18-5-4-12-25(14-18)21-24-19-6-2-3-7-20(19)27-21/h2-3,6-11,18,22H,4-5,12-14H2,1H3,(H,23,26)/t18-/m0/s1. The number of para-hydroxylation sites is 1. The Morgan fingerprint density at radius 1 is 1.22 bits per heavy atom. The second kappa shape index (κ2) is 8.06. The van der Waals surface area contributed by atoms with Crippen molar-refractivity contribution in [2.24, 2.45) is 0 Å². The quantitative estimate of drug-likeness (QED) is 0.702. The highest BCUT2D eigenvalue weighted by molar-refractivity contribution is 7.22. The van der Waals surface area contributed by atoms with Crippen molar-refractivity contribution < 1.29 is 4.79 Å². The van der Waals surface area contributed by atoms with Crippen molar-refractivity contribution in [2.45, 2.75) is 32.4 Å². The van der Waals surface area contributed by atoms with E-state index in [0.29, 0.717) is 6.04 Å². The van der Waals surface area contributed by atoms with Gasteiger partial charge in [-0.3, -0.25) is 4.79 Å². The highest BCUT2D eigenvalue weighted by Gasteiger charge is 2.22. The zero-order valence-electron chi connectivity index (χ0n) is 15.4. The molecule has 2 aromatic carbocycles. The van der Waals surface area contributed by atoms with Crippen LogP contribution in [-0.2, 0) is 11.3 Å². The molecule has 0 saturated carbocycles. The Morgan fingerprint density at radius 2 is 2.04 bits per heavy atom. The van der Waals surface area contributed by atoms with E-state index < -0.39 is 0 Å². The SMILES string of the molecule is CC(=O)Nc1ccc(CN[C@H]2CCCN(c3nc4ccccc4s3)C2)cc1. The van der Waals surface area contributed by atoms with E-state index in [9.17, 15) is 4.79 Å². The Bertz CT molecular complexity index is 888. The monoisotopic (exact) mass is 380 g/mol. The number of carbonyl (C=O) groups excluding carboxylic acids is 1. The van der Waals surface area contributed by atoms with Crippen LogP contribution in [-0.4, -0.2) is 30.0 Å². The van der Waals surface area contributed by atoms with E-state index in [1.807, 2.05) is 18.2 Å². The molecule has 0 radical (unpaired) electrons. The van der Waals surface area contributed by atoms with Crippen LogP contribution < -0.4 is 15.5 Å². The molecule has 1 atom stereocenters. The first-order chi connectivity index (χ1) is 13.2. The van der Waals surface area contributed by atoms with Crippen molar-refractivity contribution in [3.8, 4) is 0 Å². The molecule has 140 valence electrons. The number of aromatic nitrogens is 1. The molecule has 0 unspecified atom stereocenters. The first-order valence-corrected chi connectivity index (χ1v) is 10.2. The number of anilines is 2. The molecule has 0 spiro atoms. The van der Waals surface area contributed by atoms with Gasteiger partial charge in [-0.2, -0.15) is 0 Å².